The molecule has 0 saturated carbocycles. The molecule has 1 aliphatic carbocycles. The molecular formula is C7H4F7NO. The fourth-order valence-electron chi connectivity index (χ4n) is 1.15. The molecule has 0 aromatic carbocycles. The van der Waals surface area contributed by atoms with Crippen molar-refractivity contribution in [2.75, 3.05) is 7.05 Å². The first-order valence-electron chi connectivity index (χ1n) is 3.78. The highest BCUT2D eigenvalue weighted by Crippen LogP contribution is 2.53. The molecular weight excluding hydrogens is 247 g/mol. The summed E-state index contributed by atoms with van der Waals surface area (Å²) in [5, 5.41) is 1.29. The number of hydrogen-bond acceptors (Lipinski definition) is 2. The van der Waals surface area contributed by atoms with Crippen LogP contribution < -0.4 is 5.32 Å². The molecule has 92 valence electrons. The van der Waals surface area contributed by atoms with E-state index in [-0.39, 0.29) is 0 Å². The van der Waals surface area contributed by atoms with Crippen LogP contribution in [0, 0.1) is 0 Å². The monoisotopic (exact) mass is 251 g/mol. The number of rotatable bonds is 1. The number of nitrogens with one attached hydrogen (secondary N) is 1. The van der Waals surface area contributed by atoms with Crippen LogP contribution in [0.15, 0.2) is 11.5 Å². The smallest absolute Gasteiger partial charge is 0.384 e. The third-order valence-corrected chi connectivity index (χ3v) is 2.06. The number of alkyl halides is 6. The van der Waals surface area contributed by atoms with Gasteiger partial charge in [-0.3, -0.25) is 4.79 Å². The molecule has 0 heterocycles. The van der Waals surface area contributed by atoms with Crippen LogP contribution in [0.25, 0.3) is 0 Å². The summed E-state index contributed by atoms with van der Waals surface area (Å²) in [6.45, 7) is 0. The van der Waals surface area contributed by atoms with Crippen molar-refractivity contribution >= 4 is 5.78 Å². The molecule has 0 unspecified atom stereocenters. The molecule has 2 nitrogen and oxygen atoms in total. The van der Waals surface area contributed by atoms with E-state index in [1.54, 1.807) is 0 Å². The maximum absolute atomic E-state index is 12.8. The Kier molecular flexibility index (Phi) is 2.49. The maximum atomic E-state index is 12.8. The summed E-state index contributed by atoms with van der Waals surface area (Å²) in [6.07, 6.45) is 0. The van der Waals surface area contributed by atoms with Crippen LogP contribution in [0.3, 0.4) is 0 Å². The lowest BCUT2D eigenvalue weighted by atomic mass is 9.90. The number of hydrogen-bond donors (Lipinski definition) is 1. The van der Waals surface area contributed by atoms with Gasteiger partial charge in [-0.05, 0) is 0 Å². The minimum Gasteiger partial charge on any atom is -0.384 e. The minimum absolute atomic E-state index is 0.607. The number of carbonyl (C=O) groups excluding carboxylic acids is 1. The van der Waals surface area contributed by atoms with Crippen molar-refractivity contribution < 1.29 is 35.5 Å². The van der Waals surface area contributed by atoms with Crippen molar-refractivity contribution in [1.82, 2.24) is 5.32 Å². The summed E-state index contributed by atoms with van der Waals surface area (Å²) in [6, 6.07) is 0. The van der Waals surface area contributed by atoms with Crippen LogP contribution in [0.4, 0.5) is 30.7 Å². The zero-order valence-corrected chi connectivity index (χ0v) is 7.55. The molecule has 1 N–H and O–H groups in total. The summed E-state index contributed by atoms with van der Waals surface area (Å²) in [5.41, 5.74) is -2.14. The van der Waals surface area contributed by atoms with Gasteiger partial charge >= 0.3 is 17.8 Å². The average molecular weight is 251 g/mol. The second-order valence-electron chi connectivity index (χ2n) is 2.99. The molecule has 0 aromatic rings. The highest BCUT2D eigenvalue weighted by atomic mass is 19.3. The van der Waals surface area contributed by atoms with Gasteiger partial charge in [-0.2, -0.15) is 26.3 Å². The molecule has 0 spiro atoms. The van der Waals surface area contributed by atoms with E-state index >= 15 is 0 Å². The Morgan fingerprint density at radius 1 is 1.00 bits per heavy atom. The molecule has 1 rings (SSSR count). The molecule has 0 bridgehead atoms. The maximum Gasteiger partial charge on any atom is 0.385 e. The Morgan fingerprint density at radius 3 is 1.81 bits per heavy atom. The Morgan fingerprint density at radius 2 is 1.44 bits per heavy atom. The topological polar surface area (TPSA) is 29.1 Å². The van der Waals surface area contributed by atoms with Crippen LogP contribution >= 0.6 is 0 Å². The minimum atomic E-state index is -5.98. The standard InChI is InChI=1S/C7H4F7NO/c1-15-3-2(8)4(16)6(11,12)7(13,14)5(3,9)10/h15H,1H3. The van der Waals surface area contributed by atoms with Crippen LogP contribution in [-0.2, 0) is 4.79 Å². The Hall–Kier alpha value is -1.28. The predicted molar refractivity (Wildman–Crippen MR) is 37.0 cm³/mol. The van der Waals surface area contributed by atoms with E-state index in [4.69, 9.17) is 0 Å². The van der Waals surface area contributed by atoms with E-state index in [9.17, 15) is 35.5 Å². The number of Topliss-reactive ketones (excluding diaryl/α,β-unsaturated/α-hetero) is 1. The second kappa shape index (κ2) is 3.11. The van der Waals surface area contributed by atoms with E-state index in [0.29, 0.717) is 7.05 Å². The van der Waals surface area contributed by atoms with Crippen molar-refractivity contribution in [2.24, 2.45) is 0 Å². The van der Waals surface area contributed by atoms with Gasteiger partial charge in [0.2, 0.25) is 0 Å². The Labute approximate surface area is 84.1 Å². The first kappa shape index (κ1) is 12.8. The quantitative estimate of drug-likeness (QED) is 0.721. The van der Waals surface area contributed by atoms with Gasteiger partial charge in [0, 0.05) is 7.05 Å². The lowest BCUT2D eigenvalue weighted by molar-refractivity contribution is -0.289. The zero-order valence-electron chi connectivity index (χ0n) is 7.55. The number of allylic oxidation sites excluding steroid dienone is 2. The highest BCUT2D eigenvalue weighted by molar-refractivity contribution is 6.02. The lowest BCUT2D eigenvalue weighted by Gasteiger charge is -2.36. The van der Waals surface area contributed by atoms with Gasteiger partial charge in [0.1, 0.15) is 5.70 Å². The molecule has 9 heteroatoms. The number of carbonyl (C=O) groups is 1. The van der Waals surface area contributed by atoms with Crippen molar-refractivity contribution in [3.63, 3.8) is 0 Å². The van der Waals surface area contributed by atoms with Gasteiger partial charge in [-0.25, -0.2) is 4.39 Å². The normalized spacial score (nSPS) is 26.9. The summed E-state index contributed by atoms with van der Waals surface area (Å²) < 4.78 is 88.8. The van der Waals surface area contributed by atoms with E-state index in [1.165, 1.54) is 5.32 Å². The van der Waals surface area contributed by atoms with Gasteiger partial charge in [0.25, 0.3) is 5.78 Å². The molecule has 0 saturated heterocycles. The van der Waals surface area contributed by atoms with Gasteiger partial charge in [-0.15, -0.1) is 0 Å². The molecule has 0 radical (unpaired) electrons. The lowest BCUT2D eigenvalue weighted by Crippen LogP contribution is -2.63. The fourth-order valence-corrected chi connectivity index (χ4v) is 1.15. The van der Waals surface area contributed by atoms with Crippen LogP contribution in [0.1, 0.15) is 0 Å². The van der Waals surface area contributed by atoms with E-state index < -0.39 is 35.1 Å². The second-order valence-corrected chi connectivity index (χ2v) is 2.99. The van der Waals surface area contributed by atoms with Crippen LogP contribution in [0.5, 0.6) is 0 Å². The molecule has 0 aliphatic heterocycles. The summed E-state index contributed by atoms with van der Waals surface area (Å²) >= 11 is 0. The Balaban J connectivity index is 3.57. The molecule has 0 amide bonds. The zero-order chi connectivity index (χ0) is 12.9. The number of ketones is 1. The van der Waals surface area contributed by atoms with Crippen LogP contribution in [0.2, 0.25) is 0 Å². The van der Waals surface area contributed by atoms with Gasteiger partial charge in [-0.1, -0.05) is 0 Å². The van der Waals surface area contributed by atoms with Crippen molar-refractivity contribution in [2.45, 2.75) is 17.8 Å². The molecule has 0 fully saturated rings. The van der Waals surface area contributed by atoms with Gasteiger partial charge in [0.05, 0.1) is 0 Å². The average Bonchev–Trinajstić information content (AvgIpc) is 2.14. The van der Waals surface area contributed by atoms with Crippen molar-refractivity contribution in [3.05, 3.63) is 11.5 Å². The van der Waals surface area contributed by atoms with E-state index in [2.05, 4.69) is 0 Å². The molecule has 16 heavy (non-hydrogen) atoms. The molecule has 1 aliphatic rings. The summed E-state index contributed by atoms with van der Waals surface area (Å²) in [4.78, 5) is 10.5. The first-order chi connectivity index (χ1) is 7.01. The molecule has 0 aromatic heterocycles. The van der Waals surface area contributed by atoms with Gasteiger partial charge < -0.3 is 5.32 Å². The van der Waals surface area contributed by atoms with Crippen LogP contribution in [-0.4, -0.2) is 30.6 Å². The van der Waals surface area contributed by atoms with Gasteiger partial charge in [0.15, 0.2) is 5.83 Å². The largest absolute Gasteiger partial charge is 0.385 e. The third-order valence-electron chi connectivity index (χ3n) is 2.06. The molecule has 0 atom stereocenters. The Bertz CT molecular complexity index is 373. The number of halogens is 7. The predicted octanol–water partition coefficient (Wildman–Crippen LogP) is 1.88. The third kappa shape index (κ3) is 1.17. The fraction of sp³-hybridized carbons (Fsp3) is 0.571. The van der Waals surface area contributed by atoms with Crippen molar-refractivity contribution in [3.8, 4) is 0 Å². The summed E-state index contributed by atoms with van der Waals surface area (Å²) in [5.74, 6) is -22.8. The summed E-state index contributed by atoms with van der Waals surface area (Å²) in [7, 11) is 0.607. The van der Waals surface area contributed by atoms with E-state index in [1.807, 2.05) is 0 Å². The highest BCUT2D eigenvalue weighted by Gasteiger charge is 2.80. The SMILES string of the molecule is CNC1=C(F)C(=O)C(F)(F)C(F)(F)C1(F)F. The van der Waals surface area contributed by atoms with E-state index in [0.717, 1.165) is 0 Å². The first-order valence-corrected chi connectivity index (χ1v) is 3.78. The van der Waals surface area contributed by atoms with Crippen molar-refractivity contribution in [1.29, 1.82) is 0 Å².